The van der Waals surface area contributed by atoms with Crippen molar-refractivity contribution < 1.29 is 31.2 Å². The van der Waals surface area contributed by atoms with Gasteiger partial charge in [0, 0.05) is 37.2 Å². The number of sulfonamides is 1. The molecule has 0 bridgehead atoms. The van der Waals surface area contributed by atoms with Gasteiger partial charge in [0.05, 0.1) is 48.5 Å². The molecule has 3 heterocycles. The van der Waals surface area contributed by atoms with Crippen molar-refractivity contribution in [2.75, 3.05) is 31.3 Å². The zero-order chi connectivity index (χ0) is 32.0. The maximum Gasteiger partial charge on any atom is 0.255 e. The second-order valence-corrected chi connectivity index (χ2v) is 13.6. The molecule has 2 aromatic carbocycles. The SMILES string of the molecule is CNC(=O)c1c(-c2ccc(F)cc2)oc2cc(N(C)S(C)(=O)=O)c(C3CCC4NCN(Cc5ccc(F)cn5)C(=O)C4C3)cc12. The molecule has 0 radical (unpaired) electrons. The minimum absolute atomic E-state index is 0.0496. The molecule has 0 spiro atoms. The van der Waals surface area contributed by atoms with E-state index in [1.54, 1.807) is 23.1 Å². The van der Waals surface area contributed by atoms with Crippen molar-refractivity contribution in [2.24, 2.45) is 5.92 Å². The molecule has 2 aliphatic rings. The van der Waals surface area contributed by atoms with E-state index in [0.29, 0.717) is 59.4 Å². The molecule has 2 N–H and O–H groups in total. The first-order valence-corrected chi connectivity index (χ1v) is 16.4. The zero-order valence-corrected chi connectivity index (χ0v) is 25.8. The number of halogens is 2. The van der Waals surface area contributed by atoms with Gasteiger partial charge in [-0.2, -0.15) is 0 Å². The molecule has 236 valence electrons. The summed E-state index contributed by atoms with van der Waals surface area (Å²) >= 11 is 0. The predicted octanol–water partition coefficient (Wildman–Crippen LogP) is 4.37. The summed E-state index contributed by atoms with van der Waals surface area (Å²) in [5, 5.41) is 6.58. The fraction of sp³-hybridized carbons (Fsp3) is 0.344. The van der Waals surface area contributed by atoms with Crippen LogP contribution in [0.25, 0.3) is 22.3 Å². The number of fused-ring (bicyclic) bond motifs is 2. The quantitative estimate of drug-likeness (QED) is 0.308. The van der Waals surface area contributed by atoms with Crippen molar-refractivity contribution in [1.29, 1.82) is 0 Å². The van der Waals surface area contributed by atoms with Gasteiger partial charge in [0.15, 0.2) is 0 Å². The molecule has 2 fully saturated rings. The molecule has 1 aliphatic heterocycles. The largest absolute Gasteiger partial charge is 0.455 e. The van der Waals surface area contributed by atoms with Crippen molar-refractivity contribution in [3.63, 3.8) is 0 Å². The van der Waals surface area contributed by atoms with Gasteiger partial charge in [-0.25, -0.2) is 17.2 Å². The molecule has 13 heteroatoms. The second kappa shape index (κ2) is 11.9. The first-order chi connectivity index (χ1) is 21.4. The van der Waals surface area contributed by atoms with Crippen molar-refractivity contribution in [3.8, 4) is 11.3 Å². The molecule has 10 nitrogen and oxygen atoms in total. The Labute approximate surface area is 259 Å². The number of nitrogens with zero attached hydrogens (tertiary/aromatic N) is 3. The third-order valence-electron chi connectivity index (χ3n) is 8.84. The predicted molar refractivity (Wildman–Crippen MR) is 165 cm³/mol. The van der Waals surface area contributed by atoms with Crippen molar-refractivity contribution in [2.45, 2.75) is 37.8 Å². The van der Waals surface area contributed by atoms with Crippen molar-refractivity contribution in [3.05, 3.63) is 83.2 Å². The summed E-state index contributed by atoms with van der Waals surface area (Å²) in [6, 6.07) is 11.8. The number of rotatable bonds is 7. The fourth-order valence-electron chi connectivity index (χ4n) is 6.42. The summed E-state index contributed by atoms with van der Waals surface area (Å²) in [6.45, 7) is 0.569. The van der Waals surface area contributed by atoms with Crippen LogP contribution in [-0.4, -0.2) is 63.2 Å². The lowest BCUT2D eigenvalue weighted by Gasteiger charge is -2.44. The standard InChI is InChI=1S/C32H33F2N5O5S/c1-35-31(40)29-25-13-23(27(38(2)45(3,42)43)14-28(25)44-30(29)18-4-7-20(33)8-5-18)19-6-11-26-24(12-19)32(41)39(17-37-26)16-22-10-9-21(34)15-36-22/h4-5,7-10,13-15,19,24,26,37H,6,11-12,16-17H2,1-3H3,(H,35,40). The van der Waals surface area contributed by atoms with Crippen LogP contribution in [0.4, 0.5) is 14.5 Å². The summed E-state index contributed by atoms with van der Waals surface area (Å²) in [6.07, 6.45) is 4.03. The Morgan fingerprint density at radius 2 is 1.87 bits per heavy atom. The van der Waals surface area contributed by atoms with E-state index in [2.05, 4.69) is 15.6 Å². The number of hydrogen-bond donors (Lipinski definition) is 2. The number of carbonyl (C=O) groups excluding carboxylic acids is 2. The summed E-state index contributed by atoms with van der Waals surface area (Å²) < 4.78 is 60.0. The number of benzene rings is 2. The van der Waals surface area contributed by atoms with Gasteiger partial charge in [-0.3, -0.25) is 24.2 Å². The van der Waals surface area contributed by atoms with Crippen molar-refractivity contribution in [1.82, 2.24) is 20.5 Å². The van der Waals surface area contributed by atoms with Gasteiger partial charge in [-0.1, -0.05) is 0 Å². The highest BCUT2D eigenvalue weighted by Gasteiger charge is 2.42. The molecule has 1 saturated heterocycles. The van der Waals surface area contributed by atoms with Gasteiger partial charge in [-0.05, 0) is 73.2 Å². The van der Waals surface area contributed by atoms with Crippen LogP contribution in [0, 0.1) is 17.6 Å². The number of amides is 2. The number of nitrogens with one attached hydrogen (secondary N) is 2. The molecule has 3 atom stereocenters. The Kier molecular flexibility index (Phi) is 8.08. The van der Waals surface area contributed by atoms with Gasteiger partial charge in [0.25, 0.3) is 5.91 Å². The molecule has 3 unspecified atom stereocenters. The smallest absolute Gasteiger partial charge is 0.255 e. The Morgan fingerprint density at radius 3 is 2.53 bits per heavy atom. The highest BCUT2D eigenvalue weighted by molar-refractivity contribution is 7.92. The number of anilines is 1. The summed E-state index contributed by atoms with van der Waals surface area (Å²) in [7, 11) is -0.741. The minimum Gasteiger partial charge on any atom is -0.455 e. The van der Waals surface area contributed by atoms with Crippen LogP contribution in [0.15, 0.2) is 59.1 Å². The lowest BCUT2D eigenvalue weighted by atomic mass is 9.73. The van der Waals surface area contributed by atoms with Crippen LogP contribution in [-0.2, 0) is 21.4 Å². The maximum absolute atomic E-state index is 13.7. The highest BCUT2D eigenvalue weighted by atomic mass is 32.2. The van der Waals surface area contributed by atoms with Gasteiger partial charge in [0.1, 0.15) is 23.0 Å². The minimum atomic E-state index is -3.70. The molecular weight excluding hydrogens is 604 g/mol. The second-order valence-electron chi connectivity index (χ2n) is 11.6. The summed E-state index contributed by atoms with van der Waals surface area (Å²) in [4.78, 5) is 32.7. The average Bonchev–Trinajstić information content (AvgIpc) is 3.40. The third-order valence-corrected chi connectivity index (χ3v) is 10.0. The zero-order valence-electron chi connectivity index (χ0n) is 25.0. The molecule has 4 aromatic rings. The highest BCUT2D eigenvalue weighted by Crippen LogP contribution is 2.45. The topological polar surface area (TPSA) is 125 Å². The van der Waals surface area contributed by atoms with Crippen LogP contribution in [0.1, 0.15) is 46.8 Å². The van der Waals surface area contributed by atoms with Gasteiger partial charge >= 0.3 is 0 Å². The van der Waals surface area contributed by atoms with Gasteiger partial charge < -0.3 is 14.6 Å². The average molecular weight is 638 g/mol. The number of hydrogen-bond acceptors (Lipinski definition) is 7. The number of aromatic nitrogens is 1. The third kappa shape index (κ3) is 5.89. The normalized spacial score (nSPS) is 20.2. The van der Waals surface area contributed by atoms with E-state index in [4.69, 9.17) is 4.42 Å². The monoisotopic (exact) mass is 637 g/mol. The molecule has 2 aromatic heterocycles. The molecular formula is C32H33F2N5O5S. The molecule has 6 rings (SSSR count). The molecule has 2 amide bonds. The lowest BCUT2D eigenvalue weighted by Crippen LogP contribution is -2.58. The van der Waals surface area contributed by atoms with E-state index >= 15 is 0 Å². The Hall–Kier alpha value is -4.36. The summed E-state index contributed by atoms with van der Waals surface area (Å²) in [5.41, 5.74) is 2.66. The van der Waals surface area contributed by atoms with Crippen LogP contribution in [0.3, 0.4) is 0 Å². The van der Waals surface area contributed by atoms with E-state index in [0.717, 1.165) is 12.5 Å². The van der Waals surface area contributed by atoms with E-state index in [9.17, 15) is 26.8 Å². The molecule has 1 saturated carbocycles. The van der Waals surface area contributed by atoms with E-state index in [-0.39, 0.29) is 41.7 Å². The van der Waals surface area contributed by atoms with Crippen LogP contribution in [0.2, 0.25) is 0 Å². The first kappa shape index (κ1) is 30.7. The van der Waals surface area contributed by atoms with Crippen LogP contribution < -0.4 is 14.9 Å². The molecule has 45 heavy (non-hydrogen) atoms. The van der Waals surface area contributed by atoms with E-state index in [1.165, 1.54) is 48.7 Å². The lowest BCUT2D eigenvalue weighted by molar-refractivity contribution is -0.143. The van der Waals surface area contributed by atoms with Gasteiger partial charge in [-0.15, -0.1) is 0 Å². The van der Waals surface area contributed by atoms with Gasteiger partial charge in [0.2, 0.25) is 15.9 Å². The van der Waals surface area contributed by atoms with Crippen LogP contribution >= 0.6 is 0 Å². The Morgan fingerprint density at radius 1 is 1.13 bits per heavy atom. The van der Waals surface area contributed by atoms with E-state index < -0.39 is 27.6 Å². The number of pyridine rings is 1. The fourth-order valence-corrected chi connectivity index (χ4v) is 6.94. The maximum atomic E-state index is 13.7. The Bertz CT molecular complexity index is 1880. The number of carbonyl (C=O) groups is 2. The van der Waals surface area contributed by atoms with Crippen molar-refractivity contribution >= 4 is 38.5 Å². The van der Waals surface area contributed by atoms with E-state index in [1.807, 2.05) is 0 Å². The number of furan rings is 1. The van der Waals surface area contributed by atoms with Crippen LogP contribution in [0.5, 0.6) is 0 Å². The molecule has 1 aliphatic carbocycles. The summed E-state index contributed by atoms with van der Waals surface area (Å²) in [5.74, 6) is -1.73. The Balaban J connectivity index is 1.41. The first-order valence-electron chi connectivity index (χ1n) is 14.6.